The Hall–Kier alpha value is -3.46. The number of nitro groups is 1. The number of imidazole rings is 1. The number of H-pyrrole nitrogens is 1. The third-order valence-corrected chi connectivity index (χ3v) is 4.79. The summed E-state index contributed by atoms with van der Waals surface area (Å²) in [5.74, 6) is 0.629. The van der Waals surface area contributed by atoms with Crippen molar-refractivity contribution in [1.82, 2.24) is 9.97 Å². The molecule has 3 N–H and O–H groups in total. The smallest absolute Gasteiger partial charge is 0.292 e. The lowest BCUT2D eigenvalue weighted by Gasteiger charge is -2.08. The van der Waals surface area contributed by atoms with Crippen molar-refractivity contribution in [3.63, 3.8) is 0 Å². The van der Waals surface area contributed by atoms with Crippen LogP contribution in [0, 0.1) is 10.1 Å². The maximum atomic E-state index is 12.2. The van der Waals surface area contributed by atoms with Crippen LogP contribution in [-0.2, 0) is 9.53 Å². The van der Waals surface area contributed by atoms with Gasteiger partial charge in [0, 0.05) is 31.3 Å². The van der Waals surface area contributed by atoms with Crippen molar-refractivity contribution in [2.45, 2.75) is 25.4 Å². The Balaban J connectivity index is 1.34. The number of hydrogen-bond donors (Lipinski definition) is 3. The van der Waals surface area contributed by atoms with Crippen LogP contribution in [0.4, 0.5) is 17.1 Å². The molecule has 150 valence electrons. The normalized spacial score (nSPS) is 16.1. The van der Waals surface area contributed by atoms with Gasteiger partial charge >= 0.3 is 0 Å². The fraction of sp³-hybridized carbons (Fsp3) is 0.300. The van der Waals surface area contributed by atoms with Gasteiger partial charge in [0.2, 0.25) is 5.91 Å². The number of carbonyl (C=O) groups is 1. The van der Waals surface area contributed by atoms with Crippen LogP contribution in [-0.4, -0.2) is 34.0 Å². The maximum Gasteiger partial charge on any atom is 0.292 e. The van der Waals surface area contributed by atoms with Crippen LogP contribution < -0.4 is 10.6 Å². The van der Waals surface area contributed by atoms with Crippen LogP contribution in [0.3, 0.4) is 0 Å². The number of nitrogens with zero attached hydrogens (tertiary/aromatic N) is 2. The van der Waals surface area contributed by atoms with E-state index in [2.05, 4.69) is 20.6 Å². The van der Waals surface area contributed by atoms with Crippen molar-refractivity contribution in [1.29, 1.82) is 0 Å². The third-order valence-electron chi connectivity index (χ3n) is 4.79. The number of amides is 1. The number of nitro benzene ring substituents is 1. The number of carbonyl (C=O) groups excluding carboxylic acids is 1. The van der Waals surface area contributed by atoms with E-state index in [4.69, 9.17) is 4.74 Å². The quantitative estimate of drug-likeness (QED) is 0.413. The number of aromatic amines is 1. The highest BCUT2D eigenvalue weighted by Crippen LogP contribution is 2.28. The molecule has 1 aliphatic heterocycles. The highest BCUT2D eigenvalue weighted by molar-refractivity contribution is 5.93. The molecule has 2 heterocycles. The van der Waals surface area contributed by atoms with E-state index in [1.54, 1.807) is 24.3 Å². The van der Waals surface area contributed by atoms with Crippen LogP contribution in [0.5, 0.6) is 0 Å². The van der Waals surface area contributed by atoms with Crippen LogP contribution in [0.1, 0.15) is 31.2 Å². The van der Waals surface area contributed by atoms with Gasteiger partial charge in [0.05, 0.1) is 16.0 Å². The second-order valence-corrected chi connectivity index (χ2v) is 6.85. The lowest BCUT2D eigenvalue weighted by molar-refractivity contribution is -0.384. The predicted octanol–water partition coefficient (Wildman–Crippen LogP) is 3.76. The van der Waals surface area contributed by atoms with Crippen molar-refractivity contribution in [3.05, 3.63) is 58.4 Å². The van der Waals surface area contributed by atoms with Crippen molar-refractivity contribution in [3.8, 4) is 0 Å². The van der Waals surface area contributed by atoms with Gasteiger partial charge in [-0.2, -0.15) is 0 Å². The standard InChI is InChI=1S/C20H21N5O4/c26-19(9-10-21-15-4-1-2-5-17(15)25(27)28)22-13-7-8-14-16(12-13)24-20(23-14)18-6-3-11-29-18/h1-2,4-5,7-8,12,18,21H,3,6,9-11H2,(H,22,26)(H,23,24). The topological polar surface area (TPSA) is 122 Å². The molecule has 0 aliphatic carbocycles. The molecule has 1 fully saturated rings. The van der Waals surface area contributed by atoms with Crippen LogP contribution in [0.15, 0.2) is 42.5 Å². The lowest BCUT2D eigenvalue weighted by atomic mass is 10.2. The van der Waals surface area contributed by atoms with E-state index < -0.39 is 4.92 Å². The summed E-state index contributed by atoms with van der Waals surface area (Å²) in [6, 6.07) is 11.8. The van der Waals surface area contributed by atoms with Gasteiger partial charge in [0.25, 0.3) is 5.69 Å². The van der Waals surface area contributed by atoms with E-state index in [0.29, 0.717) is 11.4 Å². The Bertz CT molecular complexity index is 1040. The average molecular weight is 395 g/mol. The van der Waals surface area contributed by atoms with E-state index in [1.807, 2.05) is 12.1 Å². The van der Waals surface area contributed by atoms with Gasteiger partial charge in [-0.3, -0.25) is 14.9 Å². The number of nitrogens with one attached hydrogen (secondary N) is 3. The van der Waals surface area contributed by atoms with Crippen LogP contribution >= 0.6 is 0 Å². The van der Waals surface area contributed by atoms with Gasteiger partial charge in [0.15, 0.2) is 0 Å². The molecule has 1 aromatic heterocycles. The monoisotopic (exact) mass is 395 g/mol. The van der Waals surface area contributed by atoms with Crippen molar-refractivity contribution >= 4 is 34.0 Å². The summed E-state index contributed by atoms with van der Waals surface area (Å²) in [6.07, 6.45) is 2.17. The Morgan fingerprint density at radius 1 is 1.31 bits per heavy atom. The van der Waals surface area contributed by atoms with Crippen LogP contribution in [0.25, 0.3) is 11.0 Å². The fourth-order valence-corrected chi connectivity index (χ4v) is 3.37. The first kappa shape index (κ1) is 18.9. The van der Waals surface area contributed by atoms with E-state index in [-0.39, 0.29) is 30.7 Å². The zero-order valence-electron chi connectivity index (χ0n) is 15.7. The van der Waals surface area contributed by atoms with Crippen molar-refractivity contribution in [2.75, 3.05) is 23.8 Å². The average Bonchev–Trinajstić information content (AvgIpc) is 3.37. The Morgan fingerprint density at radius 3 is 2.97 bits per heavy atom. The van der Waals surface area contributed by atoms with Gasteiger partial charge in [-0.25, -0.2) is 4.98 Å². The molecule has 0 saturated carbocycles. The van der Waals surface area contributed by atoms with E-state index in [1.165, 1.54) is 6.07 Å². The second kappa shape index (κ2) is 8.27. The Morgan fingerprint density at radius 2 is 2.17 bits per heavy atom. The molecule has 1 aliphatic rings. The number of rotatable bonds is 7. The molecule has 1 amide bonds. The molecule has 1 saturated heterocycles. The number of fused-ring (bicyclic) bond motifs is 1. The first-order chi connectivity index (χ1) is 14.1. The summed E-state index contributed by atoms with van der Waals surface area (Å²) < 4.78 is 5.65. The maximum absolute atomic E-state index is 12.2. The molecule has 1 unspecified atom stereocenters. The summed E-state index contributed by atoms with van der Waals surface area (Å²) >= 11 is 0. The van der Waals surface area contributed by atoms with E-state index in [0.717, 1.165) is 36.3 Å². The number of benzene rings is 2. The molecule has 9 heteroatoms. The SMILES string of the molecule is O=C(CCNc1ccccc1[N+](=O)[O-])Nc1ccc2nc(C3CCCO3)[nH]c2c1. The largest absolute Gasteiger partial charge is 0.379 e. The zero-order valence-corrected chi connectivity index (χ0v) is 15.7. The number of anilines is 2. The molecular weight excluding hydrogens is 374 g/mol. The molecule has 3 aromatic rings. The number of hydrogen-bond acceptors (Lipinski definition) is 6. The van der Waals surface area contributed by atoms with Gasteiger partial charge in [-0.1, -0.05) is 12.1 Å². The predicted molar refractivity (Wildman–Crippen MR) is 109 cm³/mol. The molecule has 29 heavy (non-hydrogen) atoms. The molecule has 1 atom stereocenters. The highest BCUT2D eigenvalue weighted by atomic mass is 16.6. The summed E-state index contributed by atoms with van der Waals surface area (Å²) in [6.45, 7) is 1.04. The van der Waals surface area contributed by atoms with Gasteiger partial charge < -0.3 is 20.4 Å². The summed E-state index contributed by atoms with van der Waals surface area (Å²) in [5, 5.41) is 16.8. The van der Waals surface area contributed by atoms with Gasteiger partial charge in [-0.15, -0.1) is 0 Å². The third kappa shape index (κ3) is 4.35. The zero-order chi connectivity index (χ0) is 20.2. The van der Waals surface area contributed by atoms with Crippen molar-refractivity contribution in [2.24, 2.45) is 0 Å². The Kier molecular flexibility index (Phi) is 5.39. The number of para-hydroxylation sites is 2. The highest BCUT2D eigenvalue weighted by Gasteiger charge is 2.21. The van der Waals surface area contributed by atoms with E-state index >= 15 is 0 Å². The summed E-state index contributed by atoms with van der Waals surface area (Å²) in [7, 11) is 0. The fourth-order valence-electron chi connectivity index (χ4n) is 3.37. The lowest BCUT2D eigenvalue weighted by Crippen LogP contribution is -2.16. The summed E-state index contributed by atoms with van der Waals surface area (Å²) in [5.41, 5.74) is 2.71. The number of ether oxygens (including phenoxy) is 1. The second-order valence-electron chi connectivity index (χ2n) is 6.85. The molecule has 9 nitrogen and oxygen atoms in total. The minimum atomic E-state index is -0.451. The Labute approximate surface area is 166 Å². The number of aromatic nitrogens is 2. The molecule has 0 bridgehead atoms. The van der Waals surface area contributed by atoms with Crippen LogP contribution in [0.2, 0.25) is 0 Å². The molecule has 2 aromatic carbocycles. The van der Waals surface area contributed by atoms with Gasteiger partial charge in [-0.05, 0) is 37.1 Å². The molecule has 0 spiro atoms. The molecule has 4 rings (SSSR count). The minimum Gasteiger partial charge on any atom is -0.379 e. The van der Waals surface area contributed by atoms with Crippen molar-refractivity contribution < 1.29 is 14.5 Å². The molecular formula is C20H21N5O4. The summed E-state index contributed by atoms with van der Waals surface area (Å²) in [4.78, 5) is 30.6. The first-order valence-electron chi connectivity index (χ1n) is 9.48. The van der Waals surface area contributed by atoms with Gasteiger partial charge in [0.1, 0.15) is 17.6 Å². The molecule has 0 radical (unpaired) electrons. The van der Waals surface area contributed by atoms with E-state index in [9.17, 15) is 14.9 Å². The minimum absolute atomic E-state index is 0.00792. The first-order valence-corrected chi connectivity index (χ1v) is 9.48.